The minimum atomic E-state index is -0.565. The number of rotatable bonds is 6. The molecule has 7 heteroatoms. The Morgan fingerprint density at radius 2 is 1.58 bits per heavy atom. The van der Waals surface area contributed by atoms with Gasteiger partial charge < -0.3 is 14.4 Å². The maximum absolute atomic E-state index is 11.8. The van der Waals surface area contributed by atoms with Crippen LogP contribution in [0.5, 0.6) is 5.75 Å². The van der Waals surface area contributed by atoms with E-state index in [0.29, 0.717) is 12.3 Å². The minimum absolute atomic E-state index is 0.165. The maximum Gasteiger partial charge on any atom is 0.410 e. The van der Waals surface area contributed by atoms with Gasteiger partial charge in [-0.1, -0.05) is 0 Å². The maximum atomic E-state index is 11.8. The molecule has 0 aromatic carbocycles. The van der Waals surface area contributed by atoms with Gasteiger partial charge in [-0.15, -0.1) is 0 Å². The SMILES string of the molecule is CC(=O)c1cc(OCCN(C)C(=O)OC(C)(C)C)cc(C(C)=O)n1. The number of amides is 1. The number of carbonyl (C=O) groups excluding carboxylic acids is 3. The van der Waals surface area contributed by atoms with Crippen LogP contribution in [0.4, 0.5) is 4.79 Å². The van der Waals surface area contributed by atoms with E-state index in [4.69, 9.17) is 9.47 Å². The van der Waals surface area contributed by atoms with Crippen LogP contribution in [0.25, 0.3) is 0 Å². The zero-order valence-electron chi connectivity index (χ0n) is 15.0. The van der Waals surface area contributed by atoms with Gasteiger partial charge in [0.1, 0.15) is 29.3 Å². The molecular weight excluding hydrogens is 312 g/mol. The summed E-state index contributed by atoms with van der Waals surface area (Å²) in [6, 6.07) is 2.95. The quantitative estimate of drug-likeness (QED) is 0.743. The van der Waals surface area contributed by atoms with Crippen molar-refractivity contribution in [3.05, 3.63) is 23.5 Å². The molecule has 1 rings (SSSR count). The highest BCUT2D eigenvalue weighted by atomic mass is 16.6. The number of hydrogen-bond donors (Lipinski definition) is 0. The van der Waals surface area contributed by atoms with Crippen molar-refractivity contribution in [1.82, 2.24) is 9.88 Å². The topological polar surface area (TPSA) is 85.8 Å². The summed E-state index contributed by atoms with van der Waals surface area (Å²) < 4.78 is 10.8. The zero-order valence-corrected chi connectivity index (χ0v) is 15.0. The van der Waals surface area contributed by atoms with E-state index in [2.05, 4.69) is 4.98 Å². The molecule has 1 amide bonds. The highest BCUT2D eigenvalue weighted by molar-refractivity contribution is 5.96. The average molecular weight is 336 g/mol. The van der Waals surface area contributed by atoms with E-state index in [1.807, 2.05) is 0 Å². The number of ketones is 2. The predicted molar refractivity (Wildman–Crippen MR) is 88.6 cm³/mol. The first kappa shape index (κ1) is 19.6. The van der Waals surface area contributed by atoms with Crippen molar-refractivity contribution in [1.29, 1.82) is 0 Å². The standard InChI is InChI=1S/C17H24N2O5/c1-11(20)14-9-13(10-15(18-14)12(2)21)23-8-7-19(6)16(22)24-17(3,4)5/h9-10H,7-8H2,1-6H3. The van der Waals surface area contributed by atoms with Crippen LogP contribution in [-0.4, -0.2) is 53.3 Å². The van der Waals surface area contributed by atoms with Crippen LogP contribution < -0.4 is 4.74 Å². The first-order valence-corrected chi connectivity index (χ1v) is 7.60. The van der Waals surface area contributed by atoms with Gasteiger partial charge in [-0.05, 0) is 20.8 Å². The third-order valence-electron chi connectivity index (χ3n) is 2.92. The molecule has 0 bridgehead atoms. The van der Waals surface area contributed by atoms with Crippen molar-refractivity contribution in [3.8, 4) is 5.75 Å². The van der Waals surface area contributed by atoms with Gasteiger partial charge >= 0.3 is 6.09 Å². The van der Waals surface area contributed by atoms with E-state index >= 15 is 0 Å². The Morgan fingerprint density at radius 3 is 2.00 bits per heavy atom. The average Bonchev–Trinajstić information content (AvgIpc) is 2.44. The molecule has 0 saturated heterocycles. The lowest BCUT2D eigenvalue weighted by atomic mass is 10.2. The fourth-order valence-electron chi connectivity index (χ4n) is 1.68. The molecule has 0 fully saturated rings. The summed E-state index contributed by atoms with van der Waals surface area (Å²) >= 11 is 0. The molecule has 0 aliphatic carbocycles. The summed E-state index contributed by atoms with van der Waals surface area (Å²) in [4.78, 5) is 40.2. The van der Waals surface area contributed by atoms with Crippen LogP contribution in [0.3, 0.4) is 0 Å². The predicted octanol–water partition coefficient (Wildman–Crippen LogP) is 2.73. The number of ether oxygens (including phenoxy) is 2. The lowest BCUT2D eigenvalue weighted by molar-refractivity contribution is 0.0278. The van der Waals surface area contributed by atoms with Crippen LogP contribution in [0.15, 0.2) is 12.1 Å². The summed E-state index contributed by atoms with van der Waals surface area (Å²) in [5, 5.41) is 0. The molecule has 1 heterocycles. The normalized spacial score (nSPS) is 10.9. The Bertz CT molecular complexity index is 602. The smallest absolute Gasteiger partial charge is 0.410 e. The molecule has 0 aliphatic heterocycles. The van der Waals surface area contributed by atoms with E-state index in [1.165, 1.54) is 30.9 Å². The second kappa shape index (κ2) is 7.90. The minimum Gasteiger partial charge on any atom is -0.492 e. The van der Waals surface area contributed by atoms with E-state index in [-0.39, 0.29) is 29.6 Å². The summed E-state index contributed by atoms with van der Waals surface area (Å²) in [6.07, 6.45) is -0.449. The first-order chi connectivity index (χ1) is 11.0. The number of aromatic nitrogens is 1. The Hall–Kier alpha value is -2.44. The van der Waals surface area contributed by atoms with Crippen molar-refractivity contribution in [2.45, 2.75) is 40.2 Å². The fraction of sp³-hybridized carbons (Fsp3) is 0.529. The summed E-state index contributed by atoms with van der Waals surface area (Å²) in [5.74, 6) is -0.152. The monoisotopic (exact) mass is 336 g/mol. The molecule has 0 unspecified atom stereocenters. The lowest BCUT2D eigenvalue weighted by Crippen LogP contribution is -2.36. The van der Waals surface area contributed by atoms with Gasteiger partial charge in [-0.2, -0.15) is 0 Å². The van der Waals surface area contributed by atoms with Crippen LogP contribution in [0.2, 0.25) is 0 Å². The molecule has 1 aromatic rings. The molecule has 0 saturated carbocycles. The molecule has 0 aliphatic rings. The molecule has 24 heavy (non-hydrogen) atoms. The largest absolute Gasteiger partial charge is 0.492 e. The van der Waals surface area contributed by atoms with Crippen molar-refractivity contribution in [2.24, 2.45) is 0 Å². The molecule has 0 radical (unpaired) electrons. The van der Waals surface area contributed by atoms with Gasteiger partial charge in [0.2, 0.25) is 0 Å². The van der Waals surface area contributed by atoms with Gasteiger partial charge in [0.15, 0.2) is 11.6 Å². The highest BCUT2D eigenvalue weighted by Crippen LogP contribution is 2.16. The number of nitrogens with zero attached hydrogens (tertiary/aromatic N) is 2. The Labute approximate surface area is 142 Å². The molecular formula is C17H24N2O5. The summed E-state index contributed by atoms with van der Waals surface area (Å²) in [5.41, 5.74) is -0.235. The summed E-state index contributed by atoms with van der Waals surface area (Å²) in [7, 11) is 1.60. The Morgan fingerprint density at radius 1 is 1.08 bits per heavy atom. The fourth-order valence-corrected chi connectivity index (χ4v) is 1.68. The third-order valence-corrected chi connectivity index (χ3v) is 2.92. The molecule has 1 aromatic heterocycles. The Balaban J connectivity index is 2.69. The number of hydrogen-bond acceptors (Lipinski definition) is 6. The lowest BCUT2D eigenvalue weighted by Gasteiger charge is -2.24. The number of carbonyl (C=O) groups is 3. The molecule has 7 nitrogen and oxygen atoms in total. The van der Waals surface area contributed by atoms with E-state index in [0.717, 1.165) is 0 Å². The van der Waals surface area contributed by atoms with E-state index in [9.17, 15) is 14.4 Å². The third kappa shape index (κ3) is 6.36. The Kier molecular flexibility index (Phi) is 6.45. The van der Waals surface area contributed by atoms with Gasteiger partial charge in [0, 0.05) is 33.0 Å². The first-order valence-electron chi connectivity index (χ1n) is 7.60. The van der Waals surface area contributed by atoms with Crippen LogP contribution in [-0.2, 0) is 4.74 Å². The molecule has 0 atom stereocenters. The zero-order chi connectivity index (χ0) is 18.5. The van der Waals surface area contributed by atoms with Gasteiger partial charge in [-0.3, -0.25) is 9.59 Å². The van der Waals surface area contributed by atoms with Crippen molar-refractivity contribution in [3.63, 3.8) is 0 Å². The van der Waals surface area contributed by atoms with E-state index < -0.39 is 11.7 Å². The highest BCUT2D eigenvalue weighted by Gasteiger charge is 2.19. The van der Waals surface area contributed by atoms with Gasteiger partial charge in [-0.25, -0.2) is 9.78 Å². The van der Waals surface area contributed by atoms with Gasteiger partial charge in [0.25, 0.3) is 0 Å². The number of Topliss-reactive ketones (excluding diaryl/α,β-unsaturated/α-hetero) is 2. The second-order valence-corrected chi connectivity index (χ2v) is 6.44. The van der Waals surface area contributed by atoms with Crippen molar-refractivity contribution in [2.75, 3.05) is 20.2 Å². The van der Waals surface area contributed by atoms with Crippen LogP contribution >= 0.6 is 0 Å². The summed E-state index contributed by atoms with van der Waals surface area (Å²) in [6.45, 7) is 8.59. The number of pyridine rings is 1. The molecule has 0 N–H and O–H groups in total. The molecule has 0 spiro atoms. The van der Waals surface area contributed by atoms with Crippen molar-refractivity contribution < 1.29 is 23.9 Å². The van der Waals surface area contributed by atoms with Crippen molar-refractivity contribution >= 4 is 17.7 Å². The van der Waals surface area contributed by atoms with Crippen LogP contribution in [0.1, 0.15) is 55.6 Å². The second-order valence-electron chi connectivity index (χ2n) is 6.44. The molecule has 132 valence electrons. The number of likely N-dealkylation sites (N-methyl/N-ethyl adjacent to an activating group) is 1. The van der Waals surface area contributed by atoms with E-state index in [1.54, 1.807) is 27.8 Å². The van der Waals surface area contributed by atoms with Gasteiger partial charge in [0.05, 0.1) is 6.54 Å². The van der Waals surface area contributed by atoms with Crippen LogP contribution in [0, 0.1) is 0 Å².